The number of aromatic amines is 2. The molecule has 7 heteroatoms. The second-order valence-electron chi connectivity index (χ2n) is 5.46. The van der Waals surface area contributed by atoms with E-state index in [9.17, 15) is 4.79 Å². The number of nitrogens with zero attached hydrogens (tertiary/aromatic N) is 2. The summed E-state index contributed by atoms with van der Waals surface area (Å²) in [6.07, 6.45) is 3.36. The Morgan fingerprint density at radius 2 is 1.80 bits per heavy atom. The molecular weight excluding hydrogens is 356 g/mol. The number of H-pyrrole nitrogens is 2. The van der Waals surface area contributed by atoms with Crippen LogP contribution in [0.1, 0.15) is 0 Å². The smallest absolute Gasteiger partial charge is 0.257 e. The molecule has 0 aliphatic rings. The Bertz CT molecular complexity index is 1200. The van der Waals surface area contributed by atoms with Crippen LogP contribution in [0.2, 0.25) is 5.02 Å². The van der Waals surface area contributed by atoms with Crippen molar-refractivity contribution in [2.24, 2.45) is 0 Å². The zero-order chi connectivity index (χ0) is 17.4. The lowest BCUT2D eigenvalue weighted by molar-refractivity contribution is 1.13. The quantitative estimate of drug-likeness (QED) is 0.517. The Hall–Kier alpha value is -2.83. The van der Waals surface area contributed by atoms with Crippen LogP contribution in [0.25, 0.3) is 33.4 Å². The Morgan fingerprint density at radius 3 is 2.60 bits per heavy atom. The minimum atomic E-state index is -0.215. The highest BCUT2D eigenvalue weighted by Crippen LogP contribution is 2.24. The summed E-state index contributed by atoms with van der Waals surface area (Å²) in [6.45, 7) is 0. The molecule has 0 radical (unpaired) electrons. The third-order valence-corrected chi connectivity index (χ3v) is 4.25. The van der Waals surface area contributed by atoms with Crippen LogP contribution in [0.4, 0.5) is 0 Å². The van der Waals surface area contributed by atoms with Gasteiger partial charge in [0, 0.05) is 33.9 Å². The maximum Gasteiger partial charge on any atom is 0.257 e. The molecule has 0 unspecified atom stereocenters. The zero-order valence-electron chi connectivity index (χ0n) is 12.8. The van der Waals surface area contributed by atoms with Crippen LogP contribution in [0, 0.1) is 4.77 Å². The second-order valence-corrected chi connectivity index (χ2v) is 6.29. The molecule has 0 aliphatic carbocycles. The van der Waals surface area contributed by atoms with Gasteiger partial charge in [-0.2, -0.15) is 0 Å². The van der Waals surface area contributed by atoms with Crippen LogP contribution in [-0.4, -0.2) is 19.9 Å². The highest BCUT2D eigenvalue weighted by Gasteiger charge is 2.09. The van der Waals surface area contributed by atoms with Crippen LogP contribution in [-0.2, 0) is 0 Å². The fraction of sp³-hybridized carbons (Fsp3) is 0. The summed E-state index contributed by atoms with van der Waals surface area (Å²) in [5.74, 6) is 0. The average Bonchev–Trinajstić information content (AvgIpc) is 2.62. The normalized spacial score (nSPS) is 10.9. The average molecular weight is 367 g/mol. The lowest BCUT2D eigenvalue weighted by atomic mass is 10.1. The molecular formula is C18H11ClN4OS. The second kappa shape index (κ2) is 6.23. The molecule has 3 aromatic heterocycles. The first-order valence-corrected chi connectivity index (χ1v) is 8.23. The minimum Gasteiger partial charge on any atom is -0.330 e. The summed E-state index contributed by atoms with van der Waals surface area (Å²) in [7, 11) is 0. The number of hydrogen-bond donors (Lipinski definition) is 2. The number of halogens is 1. The van der Waals surface area contributed by atoms with Gasteiger partial charge in [-0.3, -0.25) is 9.78 Å². The van der Waals surface area contributed by atoms with Gasteiger partial charge < -0.3 is 9.97 Å². The highest BCUT2D eigenvalue weighted by molar-refractivity contribution is 7.71. The Morgan fingerprint density at radius 1 is 1.00 bits per heavy atom. The van der Waals surface area contributed by atoms with E-state index in [1.807, 2.05) is 12.1 Å². The van der Waals surface area contributed by atoms with E-state index in [1.165, 1.54) is 0 Å². The number of aromatic nitrogens is 4. The van der Waals surface area contributed by atoms with Crippen molar-refractivity contribution in [3.05, 3.63) is 75.0 Å². The van der Waals surface area contributed by atoms with Gasteiger partial charge in [0.1, 0.15) is 0 Å². The molecule has 0 saturated heterocycles. The van der Waals surface area contributed by atoms with Gasteiger partial charge in [0.05, 0.1) is 17.0 Å². The molecule has 4 aromatic rings. The molecule has 2 N–H and O–H groups in total. The SMILES string of the molecule is O=c1[nH]c2ccc(Cl)cc2cc1-c1cc(-c2ccncc2)nc(=S)[nH]1. The monoisotopic (exact) mass is 366 g/mol. The van der Waals surface area contributed by atoms with E-state index in [0.29, 0.717) is 26.7 Å². The van der Waals surface area contributed by atoms with Crippen LogP contribution >= 0.6 is 23.8 Å². The molecule has 0 amide bonds. The molecule has 0 aliphatic heterocycles. The first-order chi connectivity index (χ1) is 12.1. The standard InChI is InChI=1S/C18H11ClN4OS/c19-12-1-2-14-11(7-12)8-13(17(24)21-14)16-9-15(22-18(25)23-16)10-3-5-20-6-4-10/h1-9H,(H,21,24)(H,22,23,25). The van der Waals surface area contributed by atoms with Gasteiger partial charge >= 0.3 is 0 Å². The predicted octanol–water partition coefficient (Wildman–Crippen LogP) is 4.36. The number of pyridine rings is 2. The van der Waals surface area contributed by atoms with Gasteiger partial charge in [-0.15, -0.1) is 0 Å². The third-order valence-electron chi connectivity index (χ3n) is 3.82. The van der Waals surface area contributed by atoms with Gasteiger partial charge in [0.2, 0.25) is 0 Å². The third kappa shape index (κ3) is 3.09. The van der Waals surface area contributed by atoms with E-state index in [2.05, 4.69) is 19.9 Å². The molecule has 0 bridgehead atoms. The predicted molar refractivity (Wildman–Crippen MR) is 101 cm³/mol. The summed E-state index contributed by atoms with van der Waals surface area (Å²) in [5, 5.41) is 1.44. The van der Waals surface area contributed by atoms with Crippen molar-refractivity contribution in [1.82, 2.24) is 19.9 Å². The molecule has 122 valence electrons. The first kappa shape index (κ1) is 15.7. The lowest BCUT2D eigenvalue weighted by Gasteiger charge is -2.07. The molecule has 0 saturated carbocycles. The molecule has 5 nitrogen and oxygen atoms in total. The summed E-state index contributed by atoms with van der Waals surface area (Å²) < 4.78 is 0.301. The molecule has 25 heavy (non-hydrogen) atoms. The Balaban J connectivity index is 1.94. The largest absolute Gasteiger partial charge is 0.330 e. The van der Waals surface area contributed by atoms with E-state index in [1.54, 1.807) is 42.7 Å². The van der Waals surface area contributed by atoms with Crippen molar-refractivity contribution in [2.45, 2.75) is 0 Å². The summed E-state index contributed by atoms with van der Waals surface area (Å²) in [4.78, 5) is 26.7. The fourth-order valence-corrected chi connectivity index (χ4v) is 3.04. The fourth-order valence-electron chi connectivity index (χ4n) is 2.65. The molecule has 4 rings (SSSR count). The maximum absolute atomic E-state index is 12.5. The summed E-state index contributed by atoms with van der Waals surface area (Å²) in [5.41, 5.74) is 3.12. The van der Waals surface area contributed by atoms with Crippen molar-refractivity contribution in [3.63, 3.8) is 0 Å². The van der Waals surface area contributed by atoms with Gasteiger partial charge in [-0.25, -0.2) is 4.98 Å². The van der Waals surface area contributed by atoms with Gasteiger partial charge in [0.15, 0.2) is 4.77 Å². The van der Waals surface area contributed by atoms with E-state index in [0.717, 1.165) is 16.5 Å². The topological polar surface area (TPSA) is 74.4 Å². The highest BCUT2D eigenvalue weighted by atomic mass is 35.5. The Kier molecular flexibility index (Phi) is 3.91. The number of fused-ring (bicyclic) bond motifs is 1. The van der Waals surface area contributed by atoms with E-state index in [-0.39, 0.29) is 5.56 Å². The first-order valence-electron chi connectivity index (χ1n) is 7.45. The number of benzene rings is 1. The van der Waals surface area contributed by atoms with E-state index < -0.39 is 0 Å². The van der Waals surface area contributed by atoms with Crippen molar-refractivity contribution in [2.75, 3.05) is 0 Å². The molecule has 0 spiro atoms. The number of nitrogens with one attached hydrogen (secondary N) is 2. The zero-order valence-corrected chi connectivity index (χ0v) is 14.4. The molecule has 0 fully saturated rings. The van der Waals surface area contributed by atoms with E-state index in [4.69, 9.17) is 23.8 Å². The minimum absolute atomic E-state index is 0.215. The Labute approximate surface area is 152 Å². The van der Waals surface area contributed by atoms with Crippen LogP contribution in [0.3, 0.4) is 0 Å². The summed E-state index contributed by atoms with van der Waals surface area (Å²) >= 11 is 11.3. The van der Waals surface area contributed by atoms with Gasteiger partial charge in [0.25, 0.3) is 5.56 Å². The molecule has 1 aromatic carbocycles. The summed E-state index contributed by atoms with van der Waals surface area (Å²) in [6, 6.07) is 12.6. The van der Waals surface area contributed by atoms with Crippen molar-refractivity contribution in [1.29, 1.82) is 0 Å². The van der Waals surface area contributed by atoms with Crippen LogP contribution in [0.5, 0.6) is 0 Å². The van der Waals surface area contributed by atoms with Crippen molar-refractivity contribution >= 4 is 34.7 Å². The van der Waals surface area contributed by atoms with Gasteiger partial charge in [-0.05, 0) is 54.7 Å². The lowest BCUT2D eigenvalue weighted by Crippen LogP contribution is -2.10. The number of rotatable bonds is 2. The number of hydrogen-bond acceptors (Lipinski definition) is 4. The van der Waals surface area contributed by atoms with Crippen molar-refractivity contribution in [3.8, 4) is 22.5 Å². The van der Waals surface area contributed by atoms with Crippen LogP contribution < -0.4 is 5.56 Å². The molecule has 3 heterocycles. The van der Waals surface area contributed by atoms with E-state index >= 15 is 0 Å². The van der Waals surface area contributed by atoms with Crippen molar-refractivity contribution < 1.29 is 0 Å². The van der Waals surface area contributed by atoms with Crippen LogP contribution in [0.15, 0.2) is 59.7 Å². The maximum atomic E-state index is 12.5. The van der Waals surface area contributed by atoms with Gasteiger partial charge in [-0.1, -0.05) is 11.6 Å². The molecule has 0 atom stereocenters.